The number of anilines is 1. The molecule has 2 heterocycles. The molecule has 0 spiro atoms. The van der Waals surface area contributed by atoms with Gasteiger partial charge in [0.15, 0.2) is 0 Å². The lowest BCUT2D eigenvalue weighted by atomic mass is 10.1. The molecule has 2 aromatic rings. The van der Waals surface area contributed by atoms with E-state index in [9.17, 15) is 9.59 Å². The number of rotatable bonds is 5. The van der Waals surface area contributed by atoms with Gasteiger partial charge in [-0.25, -0.2) is 9.78 Å². The van der Waals surface area contributed by atoms with Crippen molar-refractivity contribution >= 4 is 17.6 Å². The smallest absolute Gasteiger partial charge is 0.321 e. The summed E-state index contributed by atoms with van der Waals surface area (Å²) in [6.07, 6.45) is 3.65. The minimum absolute atomic E-state index is 0.00753. The Kier molecular flexibility index (Phi) is 6.30. The second kappa shape index (κ2) is 8.88. The molecule has 150 valence electrons. The first-order chi connectivity index (χ1) is 13.4. The summed E-state index contributed by atoms with van der Waals surface area (Å²) in [6.45, 7) is 6.38. The van der Waals surface area contributed by atoms with Crippen LogP contribution in [0, 0.1) is 6.92 Å². The van der Waals surface area contributed by atoms with E-state index in [4.69, 9.17) is 0 Å². The number of carbonyl (C=O) groups excluding carboxylic acids is 2. The predicted molar refractivity (Wildman–Crippen MR) is 108 cm³/mol. The molecule has 1 saturated heterocycles. The van der Waals surface area contributed by atoms with Crippen molar-refractivity contribution in [2.24, 2.45) is 0 Å². The molecule has 8 nitrogen and oxygen atoms in total. The molecule has 8 heteroatoms. The molecule has 1 N–H and O–H groups in total. The molecule has 1 fully saturated rings. The van der Waals surface area contributed by atoms with E-state index in [1.807, 2.05) is 22.6 Å². The Morgan fingerprint density at radius 1 is 1.21 bits per heavy atom. The molecule has 0 atom stereocenters. The maximum atomic E-state index is 12.7. The van der Waals surface area contributed by atoms with Crippen LogP contribution in [0.5, 0.6) is 0 Å². The van der Waals surface area contributed by atoms with Crippen molar-refractivity contribution in [1.82, 2.24) is 24.3 Å². The quantitative estimate of drug-likeness (QED) is 0.852. The average Bonchev–Trinajstić information content (AvgIpc) is 3.11. The number of likely N-dealkylation sites (N-methyl/N-ethyl adjacent to an activating group) is 2. The summed E-state index contributed by atoms with van der Waals surface area (Å²) in [7, 11) is 3.81. The second-order valence-corrected chi connectivity index (χ2v) is 7.20. The van der Waals surface area contributed by atoms with Crippen LogP contribution in [0.4, 0.5) is 10.5 Å². The lowest BCUT2D eigenvalue weighted by Crippen LogP contribution is -2.47. The van der Waals surface area contributed by atoms with Crippen LogP contribution >= 0.6 is 0 Å². The summed E-state index contributed by atoms with van der Waals surface area (Å²) in [4.78, 5) is 35.1. The van der Waals surface area contributed by atoms with Gasteiger partial charge < -0.3 is 24.6 Å². The summed E-state index contributed by atoms with van der Waals surface area (Å²) in [5, 5.41) is 2.87. The molecule has 0 aliphatic carbocycles. The molecular formula is C20H28N6O2. The molecular weight excluding hydrogens is 356 g/mol. The number of aromatic nitrogens is 2. The number of benzene rings is 1. The molecule has 0 unspecified atom stereocenters. The number of urea groups is 1. The van der Waals surface area contributed by atoms with E-state index < -0.39 is 0 Å². The minimum Gasteiger partial charge on any atom is -0.336 e. The summed E-state index contributed by atoms with van der Waals surface area (Å²) in [6, 6.07) is 6.93. The van der Waals surface area contributed by atoms with Gasteiger partial charge in [-0.3, -0.25) is 4.79 Å². The lowest BCUT2D eigenvalue weighted by Gasteiger charge is -2.32. The highest BCUT2D eigenvalue weighted by atomic mass is 16.2. The van der Waals surface area contributed by atoms with Gasteiger partial charge in [0.2, 0.25) is 0 Å². The topological polar surface area (TPSA) is 73.7 Å². The Balaban J connectivity index is 1.56. The van der Waals surface area contributed by atoms with Crippen LogP contribution in [0.15, 0.2) is 36.7 Å². The molecule has 1 aromatic heterocycles. The van der Waals surface area contributed by atoms with E-state index in [2.05, 4.69) is 22.2 Å². The maximum Gasteiger partial charge on any atom is 0.321 e. The highest BCUT2D eigenvalue weighted by Crippen LogP contribution is 2.14. The molecule has 0 saturated carbocycles. The molecule has 3 rings (SSSR count). The number of hydrogen-bond acceptors (Lipinski definition) is 4. The maximum absolute atomic E-state index is 12.7. The van der Waals surface area contributed by atoms with E-state index in [1.165, 1.54) is 0 Å². The van der Waals surface area contributed by atoms with E-state index in [0.717, 1.165) is 32.0 Å². The SMILES string of the molecule is Cc1nccn1CCN(C)C(=O)Nc1cccc(C(=O)N2CCN(C)CC2)c1. The fourth-order valence-electron chi connectivity index (χ4n) is 3.14. The summed E-state index contributed by atoms with van der Waals surface area (Å²) in [5.41, 5.74) is 1.22. The van der Waals surface area contributed by atoms with Gasteiger partial charge in [0.05, 0.1) is 0 Å². The average molecular weight is 384 g/mol. The van der Waals surface area contributed by atoms with E-state index in [-0.39, 0.29) is 11.9 Å². The van der Waals surface area contributed by atoms with Gasteiger partial charge in [-0.1, -0.05) is 6.07 Å². The monoisotopic (exact) mass is 384 g/mol. The summed E-state index contributed by atoms with van der Waals surface area (Å²) >= 11 is 0. The van der Waals surface area contributed by atoms with Crippen molar-refractivity contribution in [1.29, 1.82) is 0 Å². The highest BCUT2D eigenvalue weighted by molar-refractivity contribution is 5.97. The third-order valence-corrected chi connectivity index (χ3v) is 5.10. The largest absolute Gasteiger partial charge is 0.336 e. The second-order valence-electron chi connectivity index (χ2n) is 7.20. The zero-order valence-electron chi connectivity index (χ0n) is 16.8. The highest BCUT2D eigenvalue weighted by Gasteiger charge is 2.20. The Morgan fingerprint density at radius 2 is 1.96 bits per heavy atom. The Bertz CT molecular complexity index is 826. The number of imidazole rings is 1. The van der Waals surface area contributed by atoms with Gasteiger partial charge in [-0.05, 0) is 32.2 Å². The molecule has 0 bridgehead atoms. The van der Waals surface area contributed by atoms with Gasteiger partial charge in [-0.15, -0.1) is 0 Å². The van der Waals surface area contributed by atoms with Crippen molar-refractivity contribution in [3.8, 4) is 0 Å². The van der Waals surface area contributed by atoms with Crippen molar-refractivity contribution < 1.29 is 9.59 Å². The van der Waals surface area contributed by atoms with Crippen LogP contribution in [-0.4, -0.2) is 83.0 Å². The molecule has 1 aliphatic heterocycles. The van der Waals surface area contributed by atoms with Crippen LogP contribution in [0.3, 0.4) is 0 Å². The number of amides is 3. The number of piperazine rings is 1. The van der Waals surface area contributed by atoms with Gasteiger partial charge in [0, 0.05) is 70.0 Å². The lowest BCUT2D eigenvalue weighted by molar-refractivity contribution is 0.0664. The zero-order chi connectivity index (χ0) is 20.1. The van der Waals surface area contributed by atoms with Gasteiger partial charge in [0.1, 0.15) is 5.82 Å². The Hall–Kier alpha value is -2.87. The third kappa shape index (κ3) is 4.89. The minimum atomic E-state index is -0.207. The van der Waals surface area contributed by atoms with E-state index >= 15 is 0 Å². The molecule has 1 aliphatic rings. The van der Waals surface area contributed by atoms with Crippen molar-refractivity contribution in [3.05, 3.63) is 48.0 Å². The predicted octanol–water partition coefficient (Wildman–Crippen LogP) is 1.74. The fraction of sp³-hybridized carbons (Fsp3) is 0.450. The molecule has 0 radical (unpaired) electrons. The number of nitrogens with zero attached hydrogens (tertiary/aromatic N) is 5. The van der Waals surface area contributed by atoms with Crippen LogP contribution in [0.2, 0.25) is 0 Å². The number of aryl methyl sites for hydroxylation is 1. The fourth-order valence-corrected chi connectivity index (χ4v) is 3.14. The zero-order valence-corrected chi connectivity index (χ0v) is 16.8. The Labute approximate surface area is 165 Å². The van der Waals surface area contributed by atoms with Crippen LogP contribution in [0.1, 0.15) is 16.2 Å². The normalized spacial score (nSPS) is 14.8. The van der Waals surface area contributed by atoms with Crippen LogP contribution in [-0.2, 0) is 6.54 Å². The van der Waals surface area contributed by atoms with Crippen LogP contribution < -0.4 is 5.32 Å². The summed E-state index contributed by atoms with van der Waals surface area (Å²) in [5.74, 6) is 0.928. The number of carbonyl (C=O) groups is 2. The number of nitrogens with one attached hydrogen (secondary N) is 1. The molecule has 3 amide bonds. The van der Waals surface area contributed by atoms with Crippen molar-refractivity contribution in [2.45, 2.75) is 13.5 Å². The molecule has 1 aromatic carbocycles. The standard InChI is InChI=1S/C20H28N6O2/c1-16-21-7-8-25(16)14-11-24(3)20(28)22-18-6-4-5-17(15-18)19(27)26-12-9-23(2)10-13-26/h4-8,15H,9-14H2,1-3H3,(H,22,28). The first-order valence-corrected chi connectivity index (χ1v) is 9.52. The Morgan fingerprint density at radius 3 is 2.64 bits per heavy atom. The van der Waals surface area contributed by atoms with Crippen molar-refractivity contribution in [3.63, 3.8) is 0 Å². The molecule has 28 heavy (non-hydrogen) atoms. The van der Waals surface area contributed by atoms with E-state index in [0.29, 0.717) is 24.3 Å². The van der Waals surface area contributed by atoms with Crippen LogP contribution in [0.25, 0.3) is 0 Å². The van der Waals surface area contributed by atoms with E-state index in [1.54, 1.807) is 42.4 Å². The van der Waals surface area contributed by atoms with Gasteiger partial charge in [0.25, 0.3) is 5.91 Å². The third-order valence-electron chi connectivity index (χ3n) is 5.10. The van der Waals surface area contributed by atoms with Gasteiger partial charge in [-0.2, -0.15) is 0 Å². The summed E-state index contributed by atoms with van der Waals surface area (Å²) < 4.78 is 2.00. The first-order valence-electron chi connectivity index (χ1n) is 9.52. The van der Waals surface area contributed by atoms with Gasteiger partial charge >= 0.3 is 6.03 Å². The first kappa shape index (κ1) is 19.9. The number of hydrogen-bond donors (Lipinski definition) is 1. The van der Waals surface area contributed by atoms with Crippen molar-refractivity contribution in [2.75, 3.05) is 52.1 Å².